The summed E-state index contributed by atoms with van der Waals surface area (Å²) in [7, 11) is 0. The summed E-state index contributed by atoms with van der Waals surface area (Å²) < 4.78 is 14.3. The van der Waals surface area contributed by atoms with Crippen LogP contribution in [-0.4, -0.2) is 36.9 Å². The number of benzene rings is 1. The summed E-state index contributed by atoms with van der Waals surface area (Å²) >= 11 is 0. The monoisotopic (exact) mass is 333 g/mol. The van der Waals surface area contributed by atoms with Gasteiger partial charge in [-0.3, -0.25) is 19.7 Å². The summed E-state index contributed by atoms with van der Waals surface area (Å²) in [6, 6.07) is 3.85. The second-order valence-corrected chi connectivity index (χ2v) is 6.24. The smallest absolute Gasteiger partial charge is 0.254 e. The third-order valence-electron chi connectivity index (χ3n) is 4.59. The molecule has 1 atom stereocenters. The predicted molar refractivity (Wildman–Crippen MR) is 84.9 cm³/mol. The highest BCUT2D eigenvalue weighted by Crippen LogP contribution is 2.26. The molecule has 3 rings (SSSR count). The molecule has 0 radical (unpaired) electrons. The lowest BCUT2D eigenvalue weighted by Crippen LogP contribution is -2.52. The van der Waals surface area contributed by atoms with E-state index in [-0.39, 0.29) is 24.3 Å². The van der Waals surface area contributed by atoms with Crippen molar-refractivity contribution in [3.63, 3.8) is 0 Å². The van der Waals surface area contributed by atoms with Gasteiger partial charge in [-0.2, -0.15) is 0 Å². The first-order chi connectivity index (χ1) is 11.5. The molecule has 6 nitrogen and oxygen atoms in total. The molecule has 2 aliphatic heterocycles. The predicted octanol–water partition coefficient (Wildman–Crippen LogP) is 0.828. The van der Waals surface area contributed by atoms with E-state index in [0.29, 0.717) is 5.92 Å². The third-order valence-corrected chi connectivity index (χ3v) is 4.59. The lowest BCUT2D eigenvalue weighted by Gasteiger charge is -2.24. The van der Waals surface area contributed by atoms with E-state index in [4.69, 9.17) is 0 Å². The molecule has 2 aliphatic rings. The average Bonchev–Trinajstić information content (AvgIpc) is 2.58. The van der Waals surface area contributed by atoms with Gasteiger partial charge in [0.15, 0.2) is 0 Å². The Kier molecular flexibility index (Phi) is 4.89. The summed E-state index contributed by atoms with van der Waals surface area (Å²) in [6.07, 6.45) is 2.28. The van der Waals surface area contributed by atoms with Crippen LogP contribution >= 0.6 is 0 Å². The SMILES string of the molecule is O=C1CCC(NC(=O)c2ccc(C3CCNCC3)cc2F)C(=O)N1. The van der Waals surface area contributed by atoms with Gasteiger partial charge in [0.05, 0.1) is 5.56 Å². The minimum Gasteiger partial charge on any atom is -0.340 e. The molecule has 7 heteroatoms. The number of carbonyl (C=O) groups excluding carboxylic acids is 3. The summed E-state index contributed by atoms with van der Waals surface area (Å²) in [5, 5.41) is 7.91. The van der Waals surface area contributed by atoms with E-state index < -0.39 is 23.7 Å². The molecule has 2 fully saturated rings. The van der Waals surface area contributed by atoms with Crippen molar-refractivity contribution in [2.75, 3.05) is 13.1 Å². The van der Waals surface area contributed by atoms with Gasteiger partial charge in [0.1, 0.15) is 11.9 Å². The number of piperidine rings is 2. The van der Waals surface area contributed by atoms with Crippen LogP contribution in [0.2, 0.25) is 0 Å². The first-order valence-electron chi connectivity index (χ1n) is 8.19. The summed E-state index contributed by atoms with van der Waals surface area (Å²) in [5.74, 6) is -1.84. The van der Waals surface area contributed by atoms with E-state index in [0.717, 1.165) is 31.5 Å². The van der Waals surface area contributed by atoms with Gasteiger partial charge in [-0.1, -0.05) is 6.07 Å². The summed E-state index contributed by atoms with van der Waals surface area (Å²) in [5.41, 5.74) is 0.809. The molecule has 2 heterocycles. The van der Waals surface area contributed by atoms with E-state index in [1.165, 1.54) is 12.1 Å². The number of rotatable bonds is 3. The average molecular weight is 333 g/mol. The fraction of sp³-hybridized carbons (Fsp3) is 0.471. The van der Waals surface area contributed by atoms with Crippen molar-refractivity contribution in [1.82, 2.24) is 16.0 Å². The third kappa shape index (κ3) is 3.62. The molecule has 1 aromatic rings. The maximum absolute atomic E-state index is 14.3. The largest absolute Gasteiger partial charge is 0.340 e. The highest BCUT2D eigenvalue weighted by atomic mass is 19.1. The molecule has 128 valence electrons. The molecule has 0 bridgehead atoms. The maximum atomic E-state index is 14.3. The Hall–Kier alpha value is -2.28. The van der Waals surface area contributed by atoms with Gasteiger partial charge in [-0.25, -0.2) is 4.39 Å². The molecule has 3 N–H and O–H groups in total. The topological polar surface area (TPSA) is 87.3 Å². The summed E-state index contributed by atoms with van der Waals surface area (Å²) in [6.45, 7) is 1.81. The number of halogens is 1. The Morgan fingerprint density at radius 3 is 2.58 bits per heavy atom. The Labute approximate surface area is 139 Å². The van der Waals surface area contributed by atoms with E-state index in [2.05, 4.69) is 16.0 Å². The molecule has 24 heavy (non-hydrogen) atoms. The van der Waals surface area contributed by atoms with Gasteiger partial charge in [0, 0.05) is 6.42 Å². The molecule has 2 saturated heterocycles. The van der Waals surface area contributed by atoms with E-state index in [1.807, 2.05) is 0 Å². The summed E-state index contributed by atoms with van der Waals surface area (Å²) in [4.78, 5) is 35.0. The number of carbonyl (C=O) groups is 3. The zero-order chi connectivity index (χ0) is 17.1. The molecule has 1 aromatic carbocycles. The van der Waals surface area contributed by atoms with Crippen LogP contribution in [0.5, 0.6) is 0 Å². The normalized spacial score (nSPS) is 22.1. The van der Waals surface area contributed by atoms with Gasteiger partial charge in [0.2, 0.25) is 11.8 Å². The van der Waals surface area contributed by atoms with Crippen molar-refractivity contribution >= 4 is 17.7 Å². The van der Waals surface area contributed by atoms with Crippen molar-refractivity contribution in [2.45, 2.75) is 37.6 Å². The van der Waals surface area contributed by atoms with Gasteiger partial charge in [-0.15, -0.1) is 0 Å². The van der Waals surface area contributed by atoms with Crippen LogP contribution < -0.4 is 16.0 Å². The van der Waals surface area contributed by atoms with Gasteiger partial charge < -0.3 is 10.6 Å². The molecule has 3 amide bonds. The van der Waals surface area contributed by atoms with Crippen LogP contribution in [0.15, 0.2) is 18.2 Å². The van der Waals surface area contributed by atoms with Crippen molar-refractivity contribution in [3.8, 4) is 0 Å². The first-order valence-corrected chi connectivity index (χ1v) is 8.19. The maximum Gasteiger partial charge on any atom is 0.254 e. The van der Waals surface area contributed by atoms with Gasteiger partial charge >= 0.3 is 0 Å². The van der Waals surface area contributed by atoms with Crippen LogP contribution in [0.25, 0.3) is 0 Å². The van der Waals surface area contributed by atoms with Gasteiger partial charge in [-0.05, 0) is 56.0 Å². The number of hydrogen-bond donors (Lipinski definition) is 3. The van der Waals surface area contributed by atoms with Crippen LogP contribution in [-0.2, 0) is 9.59 Å². The van der Waals surface area contributed by atoms with Crippen molar-refractivity contribution in [1.29, 1.82) is 0 Å². The molecule has 0 aromatic heterocycles. The Balaban J connectivity index is 1.68. The second kappa shape index (κ2) is 7.09. The minimum absolute atomic E-state index is 0.0858. The number of imide groups is 1. The van der Waals surface area contributed by atoms with Crippen LogP contribution in [0.3, 0.4) is 0 Å². The highest BCUT2D eigenvalue weighted by molar-refractivity contribution is 6.03. The van der Waals surface area contributed by atoms with Gasteiger partial charge in [0.25, 0.3) is 5.91 Å². The highest BCUT2D eigenvalue weighted by Gasteiger charge is 2.29. The quantitative estimate of drug-likeness (QED) is 0.715. The van der Waals surface area contributed by atoms with Crippen molar-refractivity contribution in [3.05, 3.63) is 35.1 Å². The van der Waals surface area contributed by atoms with E-state index in [1.54, 1.807) is 6.07 Å². The molecule has 1 unspecified atom stereocenters. The Morgan fingerprint density at radius 1 is 1.17 bits per heavy atom. The molecule has 0 aliphatic carbocycles. The molecule has 0 saturated carbocycles. The van der Waals surface area contributed by atoms with Crippen molar-refractivity contribution in [2.24, 2.45) is 0 Å². The zero-order valence-electron chi connectivity index (χ0n) is 13.2. The molecule has 0 spiro atoms. The van der Waals surface area contributed by atoms with E-state index in [9.17, 15) is 18.8 Å². The minimum atomic E-state index is -0.807. The molecular weight excluding hydrogens is 313 g/mol. The zero-order valence-corrected chi connectivity index (χ0v) is 13.2. The van der Waals surface area contributed by atoms with Crippen LogP contribution in [0, 0.1) is 5.82 Å². The van der Waals surface area contributed by atoms with Crippen molar-refractivity contribution < 1.29 is 18.8 Å². The second-order valence-electron chi connectivity index (χ2n) is 6.24. The van der Waals surface area contributed by atoms with Crippen LogP contribution in [0.1, 0.15) is 47.5 Å². The Morgan fingerprint density at radius 2 is 1.92 bits per heavy atom. The number of amides is 3. The lowest BCUT2D eigenvalue weighted by atomic mass is 9.89. The number of hydrogen-bond acceptors (Lipinski definition) is 4. The standard InChI is InChI=1S/C17H20FN3O3/c18-13-9-11(10-5-7-19-8-6-10)1-2-12(13)16(23)20-14-3-4-15(22)21-17(14)24/h1-2,9-10,14,19H,3-8H2,(H,20,23)(H,21,22,24). The molecular formula is C17H20FN3O3. The number of nitrogens with one attached hydrogen (secondary N) is 3. The fourth-order valence-corrected chi connectivity index (χ4v) is 3.19. The first kappa shape index (κ1) is 16.6. The Bertz CT molecular complexity index is 671. The fourth-order valence-electron chi connectivity index (χ4n) is 3.19. The lowest BCUT2D eigenvalue weighted by molar-refractivity contribution is -0.134. The van der Waals surface area contributed by atoms with Crippen LogP contribution in [0.4, 0.5) is 4.39 Å². The van der Waals surface area contributed by atoms with E-state index >= 15 is 0 Å².